The van der Waals surface area contributed by atoms with Gasteiger partial charge in [-0.1, -0.05) is 24.8 Å². The smallest absolute Gasteiger partial charge is 0.266 e. The molecule has 0 spiro atoms. The number of nitrogens with zero attached hydrogens (tertiary/aromatic N) is 3. The van der Waals surface area contributed by atoms with Crippen molar-refractivity contribution in [3.63, 3.8) is 0 Å². The molecule has 1 amide bonds. The van der Waals surface area contributed by atoms with E-state index >= 15 is 0 Å². The van der Waals surface area contributed by atoms with Gasteiger partial charge in [-0.2, -0.15) is 5.26 Å². The first-order chi connectivity index (χ1) is 11.2. The molecule has 5 nitrogen and oxygen atoms in total. The van der Waals surface area contributed by atoms with Crippen LogP contribution in [0.2, 0.25) is 0 Å². The summed E-state index contributed by atoms with van der Waals surface area (Å²) in [5.41, 5.74) is 3.07. The molecule has 3 rings (SSSR count). The van der Waals surface area contributed by atoms with Crippen LogP contribution in [0.5, 0.6) is 0 Å². The monoisotopic (exact) mass is 303 g/mol. The largest absolute Gasteiger partial charge is 0.323 e. The molecule has 0 saturated carbocycles. The van der Waals surface area contributed by atoms with Gasteiger partial charge in [0.2, 0.25) is 6.33 Å². The number of hydrogen-bond donors (Lipinski definition) is 1. The van der Waals surface area contributed by atoms with Crippen LogP contribution in [0.4, 0.5) is 5.69 Å². The lowest BCUT2D eigenvalue weighted by molar-refractivity contribution is -0.658. The first-order valence-electron chi connectivity index (χ1n) is 7.13. The van der Waals surface area contributed by atoms with Crippen molar-refractivity contribution in [2.24, 2.45) is 0 Å². The Morgan fingerprint density at radius 3 is 2.91 bits per heavy atom. The van der Waals surface area contributed by atoms with Gasteiger partial charge in [0.15, 0.2) is 17.6 Å². The number of aromatic nitrogens is 2. The van der Waals surface area contributed by atoms with Gasteiger partial charge in [-0.15, -0.1) is 0 Å². The summed E-state index contributed by atoms with van der Waals surface area (Å²) >= 11 is 0. The minimum atomic E-state index is -0.156. The van der Waals surface area contributed by atoms with Gasteiger partial charge in [-0.3, -0.25) is 4.79 Å². The van der Waals surface area contributed by atoms with Gasteiger partial charge in [-0.05, 0) is 30.3 Å². The topological polar surface area (TPSA) is 61.7 Å². The highest BCUT2D eigenvalue weighted by Gasteiger charge is 2.16. The fourth-order valence-corrected chi connectivity index (χ4v) is 2.49. The Labute approximate surface area is 133 Å². The molecule has 0 unspecified atom stereocenters. The number of para-hydroxylation sites is 2. The molecule has 1 N–H and O–H groups in total. The van der Waals surface area contributed by atoms with Crippen LogP contribution in [0, 0.1) is 11.3 Å². The number of rotatable bonds is 4. The van der Waals surface area contributed by atoms with Crippen LogP contribution in [0.25, 0.3) is 17.2 Å². The average Bonchev–Trinajstić information content (AvgIpc) is 2.93. The number of anilines is 1. The Bertz CT molecular complexity index is 934. The third-order valence-electron chi connectivity index (χ3n) is 3.52. The standard InChI is InChI=1S/C18H14N4O/c1-2-21-13-22(17-9-4-3-8-16(17)21)12-18(23)20-15-7-5-6-14(10-15)11-19/h2-10,13H,1,12H2/p+1. The molecule has 3 aromatic rings. The van der Waals surface area contributed by atoms with Gasteiger partial charge in [0.25, 0.3) is 5.91 Å². The lowest BCUT2D eigenvalue weighted by Crippen LogP contribution is -2.39. The fourth-order valence-electron chi connectivity index (χ4n) is 2.49. The molecule has 0 radical (unpaired) electrons. The van der Waals surface area contributed by atoms with Crippen molar-refractivity contribution < 1.29 is 9.36 Å². The molecule has 1 heterocycles. The van der Waals surface area contributed by atoms with Crippen molar-refractivity contribution in [3.05, 3.63) is 67.0 Å². The highest BCUT2D eigenvalue weighted by Crippen LogP contribution is 2.12. The quantitative estimate of drug-likeness (QED) is 0.753. The Balaban J connectivity index is 1.83. The molecule has 112 valence electrons. The number of fused-ring (bicyclic) bond motifs is 1. The maximum Gasteiger partial charge on any atom is 0.266 e. The normalized spacial score (nSPS) is 10.2. The first-order valence-corrected chi connectivity index (χ1v) is 7.13. The van der Waals surface area contributed by atoms with E-state index in [0.29, 0.717) is 11.3 Å². The molecule has 0 fully saturated rings. The zero-order valence-corrected chi connectivity index (χ0v) is 12.4. The zero-order valence-electron chi connectivity index (χ0n) is 12.4. The summed E-state index contributed by atoms with van der Waals surface area (Å²) in [5, 5.41) is 11.7. The molecule has 0 bridgehead atoms. The molecule has 0 saturated heterocycles. The highest BCUT2D eigenvalue weighted by molar-refractivity contribution is 5.90. The number of hydrogen-bond acceptors (Lipinski definition) is 2. The van der Waals surface area contributed by atoms with Crippen molar-refractivity contribution in [3.8, 4) is 6.07 Å². The summed E-state index contributed by atoms with van der Waals surface area (Å²) in [6, 6.07) is 16.7. The molecule has 1 aromatic heterocycles. The van der Waals surface area contributed by atoms with Gasteiger partial charge >= 0.3 is 0 Å². The number of imidazole rings is 1. The maximum atomic E-state index is 12.3. The summed E-state index contributed by atoms with van der Waals surface area (Å²) in [6.07, 6.45) is 3.54. The number of nitrogens with one attached hydrogen (secondary N) is 1. The van der Waals surface area contributed by atoms with Crippen LogP contribution in [0.15, 0.2) is 61.4 Å². The lowest BCUT2D eigenvalue weighted by atomic mass is 10.2. The summed E-state index contributed by atoms with van der Waals surface area (Å²) in [7, 11) is 0. The van der Waals surface area contributed by atoms with Crippen LogP contribution >= 0.6 is 0 Å². The van der Waals surface area contributed by atoms with E-state index in [1.54, 1.807) is 30.5 Å². The van der Waals surface area contributed by atoms with Crippen molar-refractivity contribution >= 4 is 28.8 Å². The Morgan fingerprint density at radius 2 is 2.13 bits per heavy atom. The third-order valence-corrected chi connectivity index (χ3v) is 3.52. The minimum Gasteiger partial charge on any atom is -0.323 e. The zero-order chi connectivity index (χ0) is 16.2. The van der Waals surface area contributed by atoms with Crippen LogP contribution in [0.3, 0.4) is 0 Å². The van der Waals surface area contributed by atoms with Gasteiger partial charge < -0.3 is 5.32 Å². The van der Waals surface area contributed by atoms with Crippen molar-refractivity contribution in [1.29, 1.82) is 5.26 Å². The van der Waals surface area contributed by atoms with E-state index in [1.807, 2.05) is 39.7 Å². The summed E-state index contributed by atoms with van der Waals surface area (Å²) in [6.45, 7) is 3.96. The van der Waals surface area contributed by atoms with Gasteiger partial charge in [0.1, 0.15) is 0 Å². The molecular weight excluding hydrogens is 288 g/mol. The summed E-state index contributed by atoms with van der Waals surface area (Å²) in [5.74, 6) is -0.156. The SMILES string of the molecule is C=Cn1c[n+](CC(=O)Nc2cccc(C#N)c2)c2ccccc21. The number of nitriles is 1. The van der Waals surface area contributed by atoms with E-state index < -0.39 is 0 Å². The van der Waals surface area contributed by atoms with Crippen LogP contribution in [-0.4, -0.2) is 10.5 Å². The molecule has 23 heavy (non-hydrogen) atoms. The fraction of sp³-hybridized carbons (Fsp3) is 0.0556. The lowest BCUT2D eigenvalue weighted by Gasteiger charge is -2.04. The predicted molar refractivity (Wildman–Crippen MR) is 88.3 cm³/mol. The first kappa shape index (κ1) is 14.5. The Kier molecular flexibility index (Phi) is 3.89. The van der Waals surface area contributed by atoms with E-state index in [-0.39, 0.29) is 12.5 Å². The maximum absolute atomic E-state index is 12.3. The molecule has 2 aromatic carbocycles. The molecule has 0 aliphatic rings. The minimum absolute atomic E-state index is 0.156. The van der Waals surface area contributed by atoms with E-state index in [0.717, 1.165) is 11.0 Å². The van der Waals surface area contributed by atoms with Crippen molar-refractivity contribution in [1.82, 2.24) is 4.57 Å². The molecule has 0 atom stereocenters. The van der Waals surface area contributed by atoms with Crippen molar-refractivity contribution in [2.75, 3.05) is 5.32 Å². The number of benzene rings is 2. The molecule has 0 aliphatic heterocycles. The second-order valence-corrected chi connectivity index (χ2v) is 5.06. The number of carbonyl (C=O) groups is 1. The molecule has 5 heteroatoms. The van der Waals surface area contributed by atoms with Gasteiger partial charge in [0.05, 0.1) is 17.8 Å². The van der Waals surface area contributed by atoms with E-state index in [1.165, 1.54) is 0 Å². The Morgan fingerprint density at radius 1 is 1.30 bits per heavy atom. The van der Waals surface area contributed by atoms with E-state index in [2.05, 4.69) is 18.0 Å². The number of amides is 1. The predicted octanol–water partition coefficient (Wildman–Crippen LogP) is 2.54. The molecule has 0 aliphatic carbocycles. The second-order valence-electron chi connectivity index (χ2n) is 5.06. The van der Waals surface area contributed by atoms with E-state index in [9.17, 15) is 4.79 Å². The van der Waals surface area contributed by atoms with Crippen LogP contribution in [-0.2, 0) is 11.3 Å². The Hall–Kier alpha value is -3.39. The van der Waals surface area contributed by atoms with E-state index in [4.69, 9.17) is 5.26 Å². The van der Waals surface area contributed by atoms with Crippen LogP contribution < -0.4 is 9.88 Å². The number of carbonyl (C=O) groups excluding carboxylic acids is 1. The highest BCUT2D eigenvalue weighted by atomic mass is 16.1. The second kappa shape index (κ2) is 6.16. The third kappa shape index (κ3) is 2.97. The summed E-state index contributed by atoms with van der Waals surface area (Å²) in [4.78, 5) is 12.3. The van der Waals surface area contributed by atoms with Gasteiger partial charge in [-0.25, -0.2) is 9.13 Å². The van der Waals surface area contributed by atoms with Gasteiger partial charge in [0, 0.05) is 5.69 Å². The van der Waals surface area contributed by atoms with Crippen LogP contribution in [0.1, 0.15) is 5.56 Å². The van der Waals surface area contributed by atoms with Crippen molar-refractivity contribution in [2.45, 2.75) is 6.54 Å². The summed E-state index contributed by atoms with van der Waals surface area (Å²) < 4.78 is 3.74. The molecular formula is C18H15N4O+. The average molecular weight is 303 g/mol.